The first kappa shape index (κ1) is 15.4. The van der Waals surface area contributed by atoms with Crippen LogP contribution in [0, 0.1) is 5.82 Å². The number of hydrogen-bond acceptors (Lipinski definition) is 3. The molecule has 1 aliphatic rings. The van der Waals surface area contributed by atoms with Crippen molar-refractivity contribution in [2.24, 2.45) is 0 Å². The summed E-state index contributed by atoms with van der Waals surface area (Å²) in [5.74, 6) is -0.272. The zero-order chi connectivity index (χ0) is 14.5. The largest absolute Gasteiger partial charge is 0.387 e. The van der Waals surface area contributed by atoms with Crippen molar-refractivity contribution in [1.82, 2.24) is 4.90 Å². The monoisotopic (exact) mass is 281 g/mol. The van der Waals surface area contributed by atoms with Crippen molar-refractivity contribution in [1.29, 1.82) is 0 Å². The van der Waals surface area contributed by atoms with E-state index in [0.717, 1.165) is 31.6 Å². The van der Waals surface area contributed by atoms with E-state index in [2.05, 4.69) is 18.7 Å². The summed E-state index contributed by atoms with van der Waals surface area (Å²) >= 11 is 0. The van der Waals surface area contributed by atoms with Gasteiger partial charge >= 0.3 is 0 Å². The summed E-state index contributed by atoms with van der Waals surface area (Å²) in [6, 6.07) is 6.93. The van der Waals surface area contributed by atoms with Crippen LogP contribution in [-0.2, 0) is 4.74 Å². The van der Waals surface area contributed by atoms with Gasteiger partial charge in [-0.1, -0.05) is 12.1 Å². The van der Waals surface area contributed by atoms with Gasteiger partial charge in [0, 0.05) is 31.8 Å². The number of halogens is 1. The lowest BCUT2D eigenvalue weighted by Gasteiger charge is -2.38. The highest BCUT2D eigenvalue weighted by atomic mass is 19.1. The second kappa shape index (κ2) is 7.16. The molecule has 112 valence electrons. The van der Waals surface area contributed by atoms with Crippen LogP contribution in [0.3, 0.4) is 0 Å². The SMILES string of the molecule is CC(C)N(CC(O)c1ccc(F)cc1)C1CCOCC1. The molecule has 1 saturated heterocycles. The third-order valence-electron chi connectivity index (χ3n) is 3.96. The Balaban J connectivity index is 2.01. The average molecular weight is 281 g/mol. The zero-order valence-corrected chi connectivity index (χ0v) is 12.3. The molecular weight excluding hydrogens is 257 g/mol. The van der Waals surface area contributed by atoms with Crippen molar-refractivity contribution in [2.75, 3.05) is 19.8 Å². The summed E-state index contributed by atoms with van der Waals surface area (Å²) in [7, 11) is 0. The molecule has 1 N–H and O–H groups in total. The zero-order valence-electron chi connectivity index (χ0n) is 12.3. The number of ether oxygens (including phenoxy) is 1. The second-order valence-electron chi connectivity index (χ2n) is 5.70. The number of nitrogens with zero attached hydrogens (tertiary/aromatic N) is 1. The number of rotatable bonds is 5. The first-order chi connectivity index (χ1) is 9.58. The van der Waals surface area contributed by atoms with Crippen molar-refractivity contribution < 1.29 is 14.2 Å². The van der Waals surface area contributed by atoms with Gasteiger partial charge in [-0.3, -0.25) is 4.90 Å². The molecule has 3 nitrogen and oxygen atoms in total. The molecule has 1 heterocycles. The van der Waals surface area contributed by atoms with E-state index >= 15 is 0 Å². The van der Waals surface area contributed by atoms with E-state index in [9.17, 15) is 9.50 Å². The molecule has 1 aliphatic heterocycles. The molecule has 0 aliphatic carbocycles. The Morgan fingerprint density at radius 2 is 1.85 bits per heavy atom. The molecule has 1 atom stereocenters. The van der Waals surface area contributed by atoms with Crippen LogP contribution in [0.4, 0.5) is 4.39 Å². The van der Waals surface area contributed by atoms with E-state index in [1.54, 1.807) is 12.1 Å². The first-order valence-electron chi connectivity index (χ1n) is 7.35. The highest BCUT2D eigenvalue weighted by Crippen LogP contribution is 2.22. The Hall–Kier alpha value is -0.970. The standard InChI is InChI=1S/C16H24FNO2/c1-12(2)18(15-7-9-20-10-8-15)11-16(19)13-3-5-14(17)6-4-13/h3-6,12,15-16,19H,7-11H2,1-2H3. The van der Waals surface area contributed by atoms with Crippen LogP contribution < -0.4 is 0 Å². The summed E-state index contributed by atoms with van der Waals surface area (Å²) in [6.45, 7) is 6.45. The summed E-state index contributed by atoms with van der Waals surface area (Å²) in [5, 5.41) is 10.4. The maximum absolute atomic E-state index is 12.9. The molecule has 1 fully saturated rings. The lowest BCUT2D eigenvalue weighted by Crippen LogP contribution is -2.45. The maximum atomic E-state index is 12.9. The highest BCUT2D eigenvalue weighted by molar-refractivity contribution is 5.18. The fraction of sp³-hybridized carbons (Fsp3) is 0.625. The molecule has 1 aromatic rings. The van der Waals surface area contributed by atoms with E-state index in [1.165, 1.54) is 12.1 Å². The number of aliphatic hydroxyl groups is 1. The van der Waals surface area contributed by atoms with Crippen LogP contribution in [0.25, 0.3) is 0 Å². The summed E-state index contributed by atoms with van der Waals surface area (Å²) in [5.41, 5.74) is 0.768. The Kier molecular flexibility index (Phi) is 5.52. The third kappa shape index (κ3) is 4.01. The number of benzene rings is 1. The van der Waals surface area contributed by atoms with Crippen LogP contribution in [0.5, 0.6) is 0 Å². The van der Waals surface area contributed by atoms with Gasteiger partial charge < -0.3 is 9.84 Å². The molecule has 0 amide bonds. The fourth-order valence-corrected chi connectivity index (χ4v) is 2.79. The van der Waals surface area contributed by atoms with Crippen molar-refractivity contribution in [3.8, 4) is 0 Å². The average Bonchev–Trinajstić information content (AvgIpc) is 2.46. The predicted octanol–water partition coefficient (Wildman–Crippen LogP) is 2.75. The van der Waals surface area contributed by atoms with Gasteiger partial charge in [-0.25, -0.2) is 4.39 Å². The first-order valence-corrected chi connectivity index (χ1v) is 7.35. The predicted molar refractivity (Wildman–Crippen MR) is 77.0 cm³/mol. The van der Waals surface area contributed by atoms with Gasteiger partial charge in [0.1, 0.15) is 5.82 Å². The lowest BCUT2D eigenvalue weighted by atomic mass is 10.0. The van der Waals surface area contributed by atoms with Crippen LogP contribution in [0.2, 0.25) is 0 Å². The smallest absolute Gasteiger partial charge is 0.123 e. The third-order valence-corrected chi connectivity index (χ3v) is 3.96. The molecule has 2 rings (SSSR count). The number of hydrogen-bond donors (Lipinski definition) is 1. The Morgan fingerprint density at radius 3 is 2.40 bits per heavy atom. The van der Waals surface area contributed by atoms with Crippen LogP contribution in [0.15, 0.2) is 24.3 Å². The quantitative estimate of drug-likeness (QED) is 0.901. The van der Waals surface area contributed by atoms with E-state index in [4.69, 9.17) is 4.74 Å². The van der Waals surface area contributed by atoms with Gasteiger partial charge in [0.2, 0.25) is 0 Å². The summed E-state index contributed by atoms with van der Waals surface area (Å²) in [4.78, 5) is 2.33. The van der Waals surface area contributed by atoms with Crippen molar-refractivity contribution in [2.45, 2.75) is 44.9 Å². The van der Waals surface area contributed by atoms with Crippen LogP contribution in [-0.4, -0.2) is 41.8 Å². The van der Waals surface area contributed by atoms with E-state index in [0.29, 0.717) is 18.6 Å². The molecular formula is C16H24FNO2. The second-order valence-corrected chi connectivity index (χ2v) is 5.70. The molecule has 0 bridgehead atoms. The molecule has 0 spiro atoms. The van der Waals surface area contributed by atoms with Crippen molar-refractivity contribution in [3.05, 3.63) is 35.6 Å². The van der Waals surface area contributed by atoms with E-state index in [-0.39, 0.29) is 5.82 Å². The minimum atomic E-state index is -0.583. The Bertz CT molecular complexity index is 401. The Morgan fingerprint density at radius 1 is 1.25 bits per heavy atom. The van der Waals surface area contributed by atoms with Gasteiger partial charge in [0.15, 0.2) is 0 Å². The van der Waals surface area contributed by atoms with Gasteiger partial charge in [0.05, 0.1) is 6.10 Å². The minimum Gasteiger partial charge on any atom is -0.387 e. The van der Waals surface area contributed by atoms with Gasteiger partial charge in [-0.05, 0) is 44.4 Å². The fourth-order valence-electron chi connectivity index (χ4n) is 2.79. The van der Waals surface area contributed by atoms with Gasteiger partial charge in [-0.2, -0.15) is 0 Å². The lowest BCUT2D eigenvalue weighted by molar-refractivity contribution is 0.000805. The van der Waals surface area contributed by atoms with Crippen LogP contribution in [0.1, 0.15) is 38.4 Å². The maximum Gasteiger partial charge on any atom is 0.123 e. The minimum absolute atomic E-state index is 0.272. The van der Waals surface area contributed by atoms with E-state index in [1.807, 2.05) is 0 Å². The number of aliphatic hydroxyl groups excluding tert-OH is 1. The van der Waals surface area contributed by atoms with Gasteiger partial charge in [-0.15, -0.1) is 0 Å². The molecule has 1 unspecified atom stereocenters. The van der Waals surface area contributed by atoms with Crippen molar-refractivity contribution >= 4 is 0 Å². The van der Waals surface area contributed by atoms with E-state index < -0.39 is 6.10 Å². The topological polar surface area (TPSA) is 32.7 Å². The molecule has 0 saturated carbocycles. The molecule has 20 heavy (non-hydrogen) atoms. The van der Waals surface area contributed by atoms with Gasteiger partial charge in [0.25, 0.3) is 0 Å². The molecule has 4 heteroatoms. The molecule has 0 aromatic heterocycles. The summed E-state index contributed by atoms with van der Waals surface area (Å²) < 4.78 is 18.3. The van der Waals surface area contributed by atoms with Crippen LogP contribution >= 0.6 is 0 Å². The summed E-state index contributed by atoms with van der Waals surface area (Å²) in [6.07, 6.45) is 1.43. The van der Waals surface area contributed by atoms with Crippen molar-refractivity contribution in [3.63, 3.8) is 0 Å². The molecule has 1 aromatic carbocycles. The normalized spacial score (nSPS) is 18.7. The highest BCUT2D eigenvalue weighted by Gasteiger charge is 2.26. The molecule has 0 radical (unpaired) electrons. The Labute approximate surface area is 120 Å².